The second-order valence-corrected chi connectivity index (χ2v) is 5.85. The summed E-state index contributed by atoms with van der Waals surface area (Å²) in [5.74, 6) is -6.71. The Kier molecular flexibility index (Phi) is 8.83. The van der Waals surface area contributed by atoms with Crippen LogP contribution in [0.15, 0.2) is 60.7 Å². The van der Waals surface area contributed by atoms with Crippen molar-refractivity contribution in [3.8, 4) is 11.5 Å². The molecule has 0 aromatic heterocycles. The summed E-state index contributed by atoms with van der Waals surface area (Å²) in [4.78, 5) is 42.5. The van der Waals surface area contributed by atoms with Gasteiger partial charge in [0.25, 0.3) is 0 Å². The number of carboxylic acid groups (broad SMARTS) is 4. The minimum absolute atomic E-state index is 0.129. The first kappa shape index (κ1) is 24.0. The maximum atomic E-state index is 11.5. The molecule has 0 saturated heterocycles. The van der Waals surface area contributed by atoms with Crippen molar-refractivity contribution in [3.05, 3.63) is 60.7 Å². The lowest BCUT2D eigenvalue weighted by molar-refractivity contribution is -0.175. The third-order valence-electron chi connectivity index (χ3n) is 3.65. The standard InChI is InChI=1S/C16H14O6.C4H6O4/c17-14(18)16(15(19)20,22-13-9-5-2-6-10-13)11-21-12-7-3-1-4-8-12;1-2(3(5)6)4(7)8/h1-10H,11H2,(H,17,18)(H,19,20);2H,1H3,(H,5,6)(H,7,8). The zero-order valence-electron chi connectivity index (χ0n) is 15.8. The van der Waals surface area contributed by atoms with E-state index in [9.17, 15) is 29.4 Å². The summed E-state index contributed by atoms with van der Waals surface area (Å²) in [6, 6.07) is 16.2. The van der Waals surface area contributed by atoms with Gasteiger partial charge in [0.2, 0.25) is 0 Å². The van der Waals surface area contributed by atoms with E-state index in [4.69, 9.17) is 19.7 Å². The lowest BCUT2D eigenvalue weighted by Gasteiger charge is -2.26. The predicted molar refractivity (Wildman–Crippen MR) is 101 cm³/mol. The summed E-state index contributed by atoms with van der Waals surface area (Å²) in [5, 5.41) is 34.6. The first-order valence-corrected chi connectivity index (χ1v) is 8.44. The van der Waals surface area contributed by atoms with Crippen LogP contribution in [0.4, 0.5) is 0 Å². The molecule has 0 heterocycles. The quantitative estimate of drug-likeness (QED) is 0.439. The Morgan fingerprint density at radius 1 is 0.767 bits per heavy atom. The lowest BCUT2D eigenvalue weighted by Crippen LogP contribution is -2.56. The van der Waals surface area contributed by atoms with Crippen LogP contribution in [0.5, 0.6) is 11.5 Å². The molecule has 0 amide bonds. The molecule has 0 unspecified atom stereocenters. The molecule has 160 valence electrons. The number of ether oxygens (including phenoxy) is 2. The van der Waals surface area contributed by atoms with Crippen LogP contribution >= 0.6 is 0 Å². The fraction of sp³-hybridized carbons (Fsp3) is 0.200. The molecule has 0 aliphatic carbocycles. The number of rotatable bonds is 9. The maximum absolute atomic E-state index is 11.5. The average molecular weight is 420 g/mol. The molecule has 2 aromatic carbocycles. The van der Waals surface area contributed by atoms with Crippen LogP contribution in [-0.2, 0) is 19.2 Å². The van der Waals surface area contributed by atoms with Gasteiger partial charge in [-0.15, -0.1) is 0 Å². The van der Waals surface area contributed by atoms with Gasteiger partial charge in [0, 0.05) is 0 Å². The van der Waals surface area contributed by atoms with Gasteiger partial charge in [-0.05, 0) is 31.2 Å². The predicted octanol–water partition coefficient (Wildman–Crippen LogP) is 1.84. The highest BCUT2D eigenvalue weighted by Gasteiger charge is 2.51. The van der Waals surface area contributed by atoms with Crippen molar-refractivity contribution in [1.82, 2.24) is 0 Å². The maximum Gasteiger partial charge on any atom is 0.363 e. The van der Waals surface area contributed by atoms with Crippen LogP contribution in [0, 0.1) is 5.92 Å². The van der Waals surface area contributed by atoms with Crippen LogP contribution in [0.25, 0.3) is 0 Å². The van der Waals surface area contributed by atoms with E-state index in [1.807, 2.05) is 0 Å². The molecule has 2 rings (SSSR count). The highest BCUT2D eigenvalue weighted by molar-refractivity contribution is 6.02. The highest BCUT2D eigenvalue weighted by atomic mass is 16.6. The monoisotopic (exact) mass is 420 g/mol. The van der Waals surface area contributed by atoms with Gasteiger partial charge in [0.15, 0.2) is 12.5 Å². The Balaban J connectivity index is 0.000000479. The molecule has 30 heavy (non-hydrogen) atoms. The SMILES string of the molecule is CC(C(=O)O)C(=O)O.O=C(O)C(COc1ccccc1)(Oc1ccccc1)C(=O)O. The van der Waals surface area contributed by atoms with Gasteiger partial charge in [-0.25, -0.2) is 9.59 Å². The van der Waals surface area contributed by atoms with Crippen molar-refractivity contribution >= 4 is 23.9 Å². The molecule has 0 spiro atoms. The summed E-state index contributed by atoms with van der Waals surface area (Å²) in [6.45, 7) is 0.446. The molecule has 10 nitrogen and oxygen atoms in total. The van der Waals surface area contributed by atoms with Gasteiger partial charge in [0.1, 0.15) is 11.5 Å². The van der Waals surface area contributed by atoms with Crippen molar-refractivity contribution < 1.29 is 49.1 Å². The largest absolute Gasteiger partial charge is 0.488 e. The topological polar surface area (TPSA) is 168 Å². The van der Waals surface area contributed by atoms with E-state index < -0.39 is 42.0 Å². The smallest absolute Gasteiger partial charge is 0.363 e. The number of aliphatic carboxylic acids is 4. The van der Waals surface area contributed by atoms with E-state index in [-0.39, 0.29) is 5.75 Å². The van der Waals surface area contributed by atoms with Crippen molar-refractivity contribution in [2.75, 3.05) is 6.61 Å². The van der Waals surface area contributed by atoms with Crippen LogP contribution in [0.3, 0.4) is 0 Å². The van der Waals surface area contributed by atoms with Crippen LogP contribution in [0.2, 0.25) is 0 Å². The second-order valence-electron chi connectivity index (χ2n) is 5.85. The Morgan fingerprint density at radius 2 is 1.17 bits per heavy atom. The summed E-state index contributed by atoms with van der Waals surface area (Å²) < 4.78 is 10.5. The third-order valence-corrected chi connectivity index (χ3v) is 3.65. The summed E-state index contributed by atoms with van der Waals surface area (Å²) in [6.07, 6.45) is 0. The fourth-order valence-electron chi connectivity index (χ4n) is 1.83. The molecular formula is C20H20O10. The van der Waals surface area contributed by atoms with E-state index >= 15 is 0 Å². The van der Waals surface area contributed by atoms with Crippen molar-refractivity contribution in [3.63, 3.8) is 0 Å². The zero-order chi connectivity index (χ0) is 22.7. The van der Waals surface area contributed by atoms with E-state index in [2.05, 4.69) is 0 Å². The van der Waals surface area contributed by atoms with Crippen molar-refractivity contribution in [2.24, 2.45) is 5.92 Å². The molecule has 0 saturated carbocycles. The normalized spacial score (nSPS) is 10.3. The first-order valence-electron chi connectivity index (χ1n) is 8.44. The summed E-state index contributed by atoms with van der Waals surface area (Å²) >= 11 is 0. The second kappa shape index (κ2) is 11.1. The average Bonchev–Trinajstić information content (AvgIpc) is 2.72. The van der Waals surface area contributed by atoms with Gasteiger partial charge in [-0.2, -0.15) is 0 Å². The Morgan fingerprint density at radius 3 is 1.50 bits per heavy atom. The molecular weight excluding hydrogens is 400 g/mol. The van der Waals surface area contributed by atoms with Crippen LogP contribution < -0.4 is 9.47 Å². The van der Waals surface area contributed by atoms with E-state index in [0.29, 0.717) is 5.75 Å². The lowest BCUT2D eigenvalue weighted by atomic mass is 10.1. The Bertz CT molecular complexity index is 836. The van der Waals surface area contributed by atoms with Gasteiger partial charge >= 0.3 is 29.5 Å². The molecule has 0 atom stereocenters. The third kappa shape index (κ3) is 6.82. The van der Waals surface area contributed by atoms with Crippen molar-refractivity contribution in [1.29, 1.82) is 0 Å². The summed E-state index contributed by atoms with van der Waals surface area (Å²) in [7, 11) is 0. The molecule has 0 aliphatic rings. The molecule has 10 heteroatoms. The number of carboxylic acids is 4. The van der Waals surface area contributed by atoms with Gasteiger partial charge in [-0.1, -0.05) is 36.4 Å². The molecule has 0 aliphatic heterocycles. The number of benzene rings is 2. The number of hydrogen-bond acceptors (Lipinski definition) is 6. The number of hydrogen-bond donors (Lipinski definition) is 4. The fourth-order valence-corrected chi connectivity index (χ4v) is 1.83. The van der Waals surface area contributed by atoms with Gasteiger partial charge in [0.05, 0.1) is 0 Å². The highest BCUT2D eigenvalue weighted by Crippen LogP contribution is 2.21. The minimum atomic E-state index is -2.53. The van der Waals surface area contributed by atoms with E-state index in [0.717, 1.165) is 6.92 Å². The first-order chi connectivity index (χ1) is 14.1. The summed E-state index contributed by atoms with van der Waals surface area (Å²) in [5.41, 5.74) is -2.53. The van der Waals surface area contributed by atoms with E-state index in [1.165, 1.54) is 12.1 Å². The van der Waals surface area contributed by atoms with Crippen LogP contribution in [0.1, 0.15) is 6.92 Å². The molecule has 0 bridgehead atoms. The number of para-hydroxylation sites is 2. The van der Waals surface area contributed by atoms with Crippen LogP contribution in [-0.4, -0.2) is 56.5 Å². The molecule has 2 aromatic rings. The Labute approximate surface area is 170 Å². The zero-order valence-corrected chi connectivity index (χ0v) is 15.8. The van der Waals surface area contributed by atoms with Crippen molar-refractivity contribution in [2.45, 2.75) is 12.5 Å². The van der Waals surface area contributed by atoms with Gasteiger partial charge in [-0.3, -0.25) is 9.59 Å². The van der Waals surface area contributed by atoms with E-state index in [1.54, 1.807) is 48.5 Å². The minimum Gasteiger partial charge on any atom is -0.488 e. The molecule has 4 N–H and O–H groups in total. The molecule has 0 radical (unpaired) electrons. The van der Waals surface area contributed by atoms with Gasteiger partial charge < -0.3 is 29.9 Å². The Hall–Kier alpha value is -4.08. The number of carbonyl (C=O) groups is 4. The molecule has 0 fully saturated rings.